The van der Waals surface area contributed by atoms with Gasteiger partial charge in [0.1, 0.15) is 23.7 Å². The molecule has 1 aromatic heterocycles. The Balaban J connectivity index is 1.81. The van der Waals surface area contributed by atoms with Gasteiger partial charge in [-0.1, -0.05) is 11.6 Å². The second-order valence-corrected chi connectivity index (χ2v) is 6.32. The van der Waals surface area contributed by atoms with Gasteiger partial charge < -0.3 is 10.6 Å². The van der Waals surface area contributed by atoms with Gasteiger partial charge in [0, 0.05) is 11.8 Å². The summed E-state index contributed by atoms with van der Waals surface area (Å²) in [6.45, 7) is 0.601. The van der Waals surface area contributed by atoms with Gasteiger partial charge in [-0.25, -0.2) is 18.6 Å². The van der Waals surface area contributed by atoms with Crippen LogP contribution in [-0.4, -0.2) is 34.3 Å². The molecule has 0 bridgehead atoms. The first-order chi connectivity index (χ1) is 12.7. The zero-order valence-corrected chi connectivity index (χ0v) is 14.7. The fourth-order valence-electron chi connectivity index (χ4n) is 2.72. The molecule has 2 aromatic rings. The average molecular weight is 395 g/mol. The van der Waals surface area contributed by atoms with Gasteiger partial charge >= 0.3 is 6.03 Å². The van der Waals surface area contributed by atoms with Crippen molar-refractivity contribution in [1.29, 1.82) is 0 Å². The topological polar surface area (TPSA) is 91.4 Å². The van der Waals surface area contributed by atoms with E-state index in [9.17, 15) is 23.2 Å². The van der Waals surface area contributed by atoms with Crippen molar-refractivity contribution < 1.29 is 23.2 Å². The molecule has 2 heterocycles. The molecule has 0 spiro atoms. The first kappa shape index (κ1) is 18.7. The first-order valence-electron chi connectivity index (χ1n) is 7.72. The lowest BCUT2D eigenvalue weighted by molar-refractivity contribution is -0.133. The predicted octanol–water partition coefficient (Wildman–Crippen LogP) is 2.42. The van der Waals surface area contributed by atoms with Crippen LogP contribution in [0.2, 0.25) is 5.15 Å². The molecule has 3 rings (SSSR count). The second kappa shape index (κ2) is 6.92. The Labute approximate surface area is 157 Å². The first-order valence-corrected chi connectivity index (χ1v) is 8.10. The van der Waals surface area contributed by atoms with Crippen LogP contribution in [0.4, 0.5) is 19.3 Å². The lowest BCUT2D eigenvalue weighted by Crippen LogP contribution is -2.42. The van der Waals surface area contributed by atoms with E-state index in [-0.39, 0.29) is 16.4 Å². The van der Waals surface area contributed by atoms with Crippen molar-refractivity contribution >= 4 is 35.1 Å². The van der Waals surface area contributed by atoms with E-state index >= 15 is 0 Å². The Hall–Kier alpha value is -3.07. The summed E-state index contributed by atoms with van der Waals surface area (Å²) in [5, 5.41) is 4.77. The maximum Gasteiger partial charge on any atom is 0.325 e. The van der Waals surface area contributed by atoms with E-state index in [4.69, 9.17) is 11.6 Å². The van der Waals surface area contributed by atoms with Gasteiger partial charge in [-0.3, -0.25) is 14.5 Å². The van der Waals surface area contributed by atoms with Gasteiger partial charge in [0.05, 0.1) is 5.69 Å². The highest BCUT2D eigenvalue weighted by atomic mass is 35.5. The zero-order chi connectivity index (χ0) is 19.8. The number of nitrogens with zero attached hydrogens (tertiary/aromatic N) is 2. The normalized spacial score (nSPS) is 19.2. The molecule has 1 saturated heterocycles. The summed E-state index contributed by atoms with van der Waals surface area (Å²) in [6, 6.07) is 4.71. The van der Waals surface area contributed by atoms with Crippen LogP contribution in [0.5, 0.6) is 0 Å². The van der Waals surface area contributed by atoms with E-state index in [2.05, 4.69) is 15.6 Å². The number of aromatic nitrogens is 1. The number of imide groups is 1. The third kappa shape index (κ3) is 3.45. The number of halogens is 3. The van der Waals surface area contributed by atoms with Crippen molar-refractivity contribution in [3.05, 3.63) is 58.9 Å². The van der Waals surface area contributed by atoms with E-state index in [1.54, 1.807) is 6.07 Å². The summed E-state index contributed by atoms with van der Waals surface area (Å²) < 4.78 is 27.6. The Morgan fingerprint density at radius 3 is 2.78 bits per heavy atom. The molecule has 4 amide bonds. The number of hydrogen-bond donors (Lipinski definition) is 2. The predicted molar refractivity (Wildman–Crippen MR) is 91.8 cm³/mol. The van der Waals surface area contributed by atoms with Crippen LogP contribution < -0.4 is 10.6 Å². The molecule has 1 aliphatic heterocycles. The smallest absolute Gasteiger partial charge is 0.322 e. The molecule has 0 aliphatic carbocycles. The van der Waals surface area contributed by atoms with Crippen LogP contribution in [0.3, 0.4) is 0 Å². The number of urea groups is 1. The van der Waals surface area contributed by atoms with Gasteiger partial charge in [0.25, 0.3) is 5.91 Å². The number of rotatable bonds is 4. The standard InChI is InChI=1S/C17H13ClF2N4O3/c1-17(10-7-9(19)4-5-11(10)20)15(26)24(16(27)23-17)8-13(25)22-12-3-2-6-21-14(12)18/h2-7H,8H2,1H3,(H,22,25)(H,23,27)/t17-/m0/s1. The number of carbonyl (C=O) groups excluding carboxylic acids is 3. The molecule has 140 valence electrons. The van der Waals surface area contributed by atoms with Crippen molar-refractivity contribution in [2.75, 3.05) is 11.9 Å². The van der Waals surface area contributed by atoms with Crippen molar-refractivity contribution in [2.45, 2.75) is 12.5 Å². The van der Waals surface area contributed by atoms with Crippen LogP contribution in [0.25, 0.3) is 0 Å². The Bertz CT molecular complexity index is 956. The Morgan fingerprint density at radius 1 is 1.33 bits per heavy atom. The maximum atomic E-state index is 14.1. The summed E-state index contributed by atoms with van der Waals surface area (Å²) in [6.07, 6.45) is 1.43. The minimum Gasteiger partial charge on any atom is -0.322 e. The maximum absolute atomic E-state index is 14.1. The monoisotopic (exact) mass is 394 g/mol. The fourth-order valence-corrected chi connectivity index (χ4v) is 2.88. The van der Waals surface area contributed by atoms with Gasteiger partial charge in [0.2, 0.25) is 5.91 Å². The van der Waals surface area contributed by atoms with Gasteiger partial charge in [-0.05, 0) is 37.3 Å². The molecular formula is C17H13ClF2N4O3. The lowest BCUT2D eigenvalue weighted by atomic mass is 9.91. The summed E-state index contributed by atoms with van der Waals surface area (Å²) in [5.41, 5.74) is -1.97. The van der Waals surface area contributed by atoms with E-state index in [1.807, 2.05) is 0 Å². The number of pyridine rings is 1. The molecule has 1 aromatic carbocycles. The van der Waals surface area contributed by atoms with Crippen LogP contribution in [0.15, 0.2) is 36.5 Å². The third-order valence-electron chi connectivity index (χ3n) is 4.08. The van der Waals surface area contributed by atoms with Crippen LogP contribution >= 0.6 is 11.6 Å². The molecule has 0 unspecified atom stereocenters. The molecule has 27 heavy (non-hydrogen) atoms. The largest absolute Gasteiger partial charge is 0.325 e. The van der Waals surface area contributed by atoms with Crippen molar-refractivity contribution in [2.24, 2.45) is 0 Å². The van der Waals surface area contributed by atoms with E-state index < -0.39 is 41.6 Å². The Morgan fingerprint density at radius 2 is 2.07 bits per heavy atom. The lowest BCUT2D eigenvalue weighted by Gasteiger charge is -2.22. The van der Waals surface area contributed by atoms with Crippen LogP contribution in [-0.2, 0) is 15.1 Å². The number of amides is 4. The van der Waals surface area contributed by atoms with E-state index in [1.165, 1.54) is 19.2 Å². The summed E-state index contributed by atoms with van der Waals surface area (Å²) >= 11 is 5.84. The minimum absolute atomic E-state index is 0.0368. The summed E-state index contributed by atoms with van der Waals surface area (Å²) in [4.78, 5) is 41.5. The fraction of sp³-hybridized carbons (Fsp3) is 0.176. The number of anilines is 1. The molecule has 7 nitrogen and oxygen atoms in total. The van der Waals surface area contributed by atoms with Crippen LogP contribution in [0.1, 0.15) is 12.5 Å². The SMILES string of the molecule is C[C@@]1(c2cc(F)ccc2F)NC(=O)N(CC(=O)Nc2cccnc2Cl)C1=O. The highest BCUT2D eigenvalue weighted by Gasteiger charge is 2.50. The van der Waals surface area contributed by atoms with E-state index in [0.717, 1.165) is 18.2 Å². The number of nitrogens with one attached hydrogen (secondary N) is 2. The minimum atomic E-state index is -1.84. The molecular weight excluding hydrogens is 382 g/mol. The molecule has 0 saturated carbocycles. The molecule has 1 aliphatic rings. The van der Waals surface area contributed by atoms with Crippen molar-refractivity contribution in [3.8, 4) is 0 Å². The highest BCUT2D eigenvalue weighted by molar-refractivity contribution is 6.32. The third-order valence-corrected chi connectivity index (χ3v) is 4.38. The number of carbonyl (C=O) groups is 3. The molecule has 2 N–H and O–H groups in total. The highest BCUT2D eigenvalue weighted by Crippen LogP contribution is 2.31. The van der Waals surface area contributed by atoms with Gasteiger partial charge in [-0.2, -0.15) is 0 Å². The molecule has 1 fully saturated rings. The molecule has 1 atom stereocenters. The quantitative estimate of drug-likeness (QED) is 0.615. The number of benzene rings is 1. The Kier molecular flexibility index (Phi) is 4.79. The average Bonchev–Trinajstić information content (AvgIpc) is 2.83. The second-order valence-electron chi connectivity index (χ2n) is 5.96. The number of hydrogen-bond acceptors (Lipinski definition) is 4. The summed E-state index contributed by atoms with van der Waals surface area (Å²) in [7, 11) is 0. The van der Waals surface area contributed by atoms with Gasteiger partial charge in [0.15, 0.2) is 5.15 Å². The van der Waals surface area contributed by atoms with Crippen LogP contribution in [0, 0.1) is 11.6 Å². The van der Waals surface area contributed by atoms with E-state index in [0.29, 0.717) is 4.90 Å². The van der Waals surface area contributed by atoms with Crippen molar-refractivity contribution in [1.82, 2.24) is 15.2 Å². The van der Waals surface area contributed by atoms with Gasteiger partial charge in [-0.15, -0.1) is 0 Å². The zero-order valence-electron chi connectivity index (χ0n) is 13.9. The molecule has 0 radical (unpaired) electrons. The molecule has 10 heteroatoms. The summed E-state index contributed by atoms with van der Waals surface area (Å²) in [5.74, 6) is -3.22. The van der Waals surface area contributed by atoms with Crippen molar-refractivity contribution in [3.63, 3.8) is 0 Å².